The van der Waals surface area contributed by atoms with E-state index in [2.05, 4.69) is 26.2 Å². The van der Waals surface area contributed by atoms with Crippen molar-refractivity contribution in [2.24, 2.45) is 5.92 Å². The fraction of sp³-hybridized carbons (Fsp3) is 0.643. The molecule has 0 N–H and O–H groups in total. The van der Waals surface area contributed by atoms with Crippen LogP contribution in [0.4, 0.5) is 0 Å². The molecule has 0 saturated carbocycles. The van der Waals surface area contributed by atoms with Gasteiger partial charge in [-0.2, -0.15) is 5.26 Å². The minimum atomic E-state index is -0.194. The van der Waals surface area contributed by atoms with Crippen LogP contribution in [-0.2, 0) is 4.74 Å². The summed E-state index contributed by atoms with van der Waals surface area (Å²) < 4.78 is 5.39. The Kier molecular flexibility index (Phi) is 8.34. The lowest BCUT2D eigenvalue weighted by molar-refractivity contribution is 0.188. The zero-order valence-corrected chi connectivity index (χ0v) is 10.6. The van der Waals surface area contributed by atoms with Gasteiger partial charge in [-0.25, -0.2) is 0 Å². The molecule has 0 bridgehead atoms. The largest absolute Gasteiger partial charge is 0.497 e. The summed E-state index contributed by atoms with van der Waals surface area (Å²) in [6.07, 6.45) is 4.77. The topological polar surface area (TPSA) is 33.0 Å². The Morgan fingerprint density at radius 2 is 1.94 bits per heavy atom. The summed E-state index contributed by atoms with van der Waals surface area (Å²) in [6, 6.07) is 2.24. The first-order valence-electron chi connectivity index (χ1n) is 6.03. The first-order valence-corrected chi connectivity index (χ1v) is 6.03. The minimum absolute atomic E-state index is 0.194. The maximum Gasteiger partial charge on any atom is 0.106 e. The number of rotatable bonds is 9. The van der Waals surface area contributed by atoms with E-state index in [1.165, 1.54) is 5.57 Å². The Balaban J connectivity index is 3.96. The molecular formula is C14H23NO. The van der Waals surface area contributed by atoms with Crippen molar-refractivity contribution in [2.45, 2.75) is 46.0 Å². The predicted octanol–water partition coefficient (Wildman–Crippen LogP) is 4.20. The SMILES string of the molecule is C=C(CCC)CCC(C#N)C(=C)OCCC. The Morgan fingerprint density at radius 3 is 2.44 bits per heavy atom. The van der Waals surface area contributed by atoms with Crippen molar-refractivity contribution in [2.75, 3.05) is 6.61 Å². The van der Waals surface area contributed by atoms with Crippen molar-refractivity contribution >= 4 is 0 Å². The third kappa shape index (κ3) is 6.29. The summed E-state index contributed by atoms with van der Waals surface area (Å²) in [6.45, 7) is 12.6. The maximum absolute atomic E-state index is 9.02. The molecule has 0 aromatic heterocycles. The van der Waals surface area contributed by atoms with Crippen LogP contribution in [0.3, 0.4) is 0 Å². The second kappa shape index (κ2) is 9.03. The molecule has 0 radical (unpaired) electrons. The van der Waals surface area contributed by atoms with E-state index in [9.17, 15) is 0 Å². The standard InChI is InChI=1S/C14H23NO/c1-5-7-12(3)8-9-14(11-15)13(4)16-10-6-2/h14H,3-10H2,1-2H3. The van der Waals surface area contributed by atoms with Crippen molar-refractivity contribution in [3.63, 3.8) is 0 Å². The van der Waals surface area contributed by atoms with Gasteiger partial charge in [0.05, 0.1) is 12.7 Å². The van der Waals surface area contributed by atoms with Crippen LogP contribution in [-0.4, -0.2) is 6.61 Å². The Bertz CT molecular complexity index is 262. The van der Waals surface area contributed by atoms with E-state index in [-0.39, 0.29) is 5.92 Å². The molecule has 0 aliphatic rings. The molecule has 90 valence electrons. The molecule has 2 heteroatoms. The van der Waals surface area contributed by atoms with Crippen molar-refractivity contribution in [3.05, 3.63) is 24.5 Å². The summed E-state index contributed by atoms with van der Waals surface area (Å²) in [5.41, 5.74) is 1.21. The highest BCUT2D eigenvalue weighted by atomic mass is 16.5. The lowest BCUT2D eigenvalue weighted by atomic mass is 9.98. The van der Waals surface area contributed by atoms with Crippen LogP contribution in [0.15, 0.2) is 24.5 Å². The molecule has 0 aromatic carbocycles. The van der Waals surface area contributed by atoms with E-state index >= 15 is 0 Å². The molecule has 0 aliphatic heterocycles. The smallest absolute Gasteiger partial charge is 0.106 e. The lowest BCUT2D eigenvalue weighted by Gasteiger charge is -2.14. The van der Waals surface area contributed by atoms with E-state index in [1.54, 1.807) is 0 Å². The number of hydrogen-bond acceptors (Lipinski definition) is 2. The third-order valence-electron chi connectivity index (χ3n) is 2.43. The summed E-state index contributed by atoms with van der Waals surface area (Å²) in [4.78, 5) is 0. The number of nitrogens with zero attached hydrogens (tertiary/aromatic N) is 1. The fourth-order valence-corrected chi connectivity index (χ4v) is 1.46. The summed E-state index contributed by atoms with van der Waals surface area (Å²) in [5.74, 6) is 0.411. The van der Waals surface area contributed by atoms with Gasteiger partial charge in [-0.05, 0) is 25.7 Å². The first-order chi connectivity index (χ1) is 7.65. The van der Waals surface area contributed by atoms with E-state index in [1.807, 2.05) is 6.92 Å². The Morgan fingerprint density at radius 1 is 1.25 bits per heavy atom. The fourth-order valence-electron chi connectivity index (χ4n) is 1.46. The molecule has 2 nitrogen and oxygen atoms in total. The molecule has 0 aromatic rings. The van der Waals surface area contributed by atoms with Gasteiger partial charge in [-0.1, -0.05) is 39.0 Å². The van der Waals surface area contributed by atoms with Crippen molar-refractivity contribution < 1.29 is 4.74 Å². The third-order valence-corrected chi connectivity index (χ3v) is 2.43. The average molecular weight is 221 g/mol. The molecule has 0 spiro atoms. The summed E-state index contributed by atoms with van der Waals surface area (Å²) in [7, 11) is 0. The molecule has 1 unspecified atom stereocenters. The molecule has 16 heavy (non-hydrogen) atoms. The average Bonchev–Trinajstić information content (AvgIpc) is 2.27. The van der Waals surface area contributed by atoms with Gasteiger partial charge in [0.15, 0.2) is 0 Å². The molecule has 0 saturated heterocycles. The second-order valence-electron chi connectivity index (χ2n) is 4.04. The maximum atomic E-state index is 9.02. The lowest BCUT2D eigenvalue weighted by Crippen LogP contribution is -2.05. The normalized spacial score (nSPS) is 11.6. The zero-order valence-electron chi connectivity index (χ0n) is 10.6. The predicted molar refractivity (Wildman–Crippen MR) is 67.8 cm³/mol. The molecule has 0 heterocycles. The molecular weight excluding hydrogens is 198 g/mol. The van der Waals surface area contributed by atoms with E-state index in [0.717, 1.165) is 32.1 Å². The monoisotopic (exact) mass is 221 g/mol. The van der Waals surface area contributed by atoms with Crippen LogP contribution >= 0.6 is 0 Å². The van der Waals surface area contributed by atoms with E-state index in [0.29, 0.717) is 12.4 Å². The Labute approximate surface area is 99.6 Å². The van der Waals surface area contributed by atoms with Gasteiger partial charge in [-0.3, -0.25) is 0 Å². The van der Waals surface area contributed by atoms with Crippen LogP contribution < -0.4 is 0 Å². The van der Waals surface area contributed by atoms with Crippen molar-refractivity contribution in [1.29, 1.82) is 5.26 Å². The van der Waals surface area contributed by atoms with Crippen LogP contribution in [0.5, 0.6) is 0 Å². The molecule has 0 aliphatic carbocycles. The number of ether oxygens (including phenoxy) is 1. The molecule has 0 rings (SSSR count). The Hall–Kier alpha value is -1.23. The van der Waals surface area contributed by atoms with Gasteiger partial charge >= 0.3 is 0 Å². The van der Waals surface area contributed by atoms with Crippen LogP contribution in [0.25, 0.3) is 0 Å². The van der Waals surface area contributed by atoms with E-state index in [4.69, 9.17) is 10.00 Å². The van der Waals surface area contributed by atoms with Gasteiger partial charge < -0.3 is 4.74 Å². The first kappa shape index (κ1) is 14.8. The highest BCUT2D eigenvalue weighted by Gasteiger charge is 2.13. The number of allylic oxidation sites excluding steroid dienone is 2. The van der Waals surface area contributed by atoms with Crippen molar-refractivity contribution in [3.8, 4) is 6.07 Å². The molecule has 0 amide bonds. The second-order valence-corrected chi connectivity index (χ2v) is 4.04. The van der Waals surface area contributed by atoms with Crippen molar-refractivity contribution in [1.82, 2.24) is 0 Å². The van der Waals surface area contributed by atoms with Gasteiger partial charge in [0, 0.05) is 0 Å². The van der Waals surface area contributed by atoms with Gasteiger partial charge in [0.1, 0.15) is 11.7 Å². The van der Waals surface area contributed by atoms with Gasteiger partial charge in [0.2, 0.25) is 0 Å². The quantitative estimate of drug-likeness (QED) is 0.432. The van der Waals surface area contributed by atoms with Crippen LogP contribution in [0.2, 0.25) is 0 Å². The minimum Gasteiger partial charge on any atom is -0.497 e. The highest BCUT2D eigenvalue weighted by molar-refractivity contribution is 5.06. The molecule has 1 atom stereocenters. The number of nitriles is 1. The molecule has 0 fully saturated rings. The summed E-state index contributed by atoms with van der Waals surface area (Å²) >= 11 is 0. The summed E-state index contributed by atoms with van der Waals surface area (Å²) in [5, 5.41) is 9.02. The van der Waals surface area contributed by atoms with Gasteiger partial charge in [-0.15, -0.1) is 0 Å². The van der Waals surface area contributed by atoms with Crippen LogP contribution in [0, 0.1) is 17.2 Å². The number of hydrogen-bond donors (Lipinski definition) is 0. The zero-order chi connectivity index (χ0) is 12.4. The van der Waals surface area contributed by atoms with Crippen LogP contribution in [0.1, 0.15) is 46.0 Å². The highest BCUT2D eigenvalue weighted by Crippen LogP contribution is 2.20. The van der Waals surface area contributed by atoms with E-state index < -0.39 is 0 Å². The van der Waals surface area contributed by atoms with Gasteiger partial charge in [0.25, 0.3) is 0 Å².